The summed E-state index contributed by atoms with van der Waals surface area (Å²) in [4.78, 5) is 14.7. The van der Waals surface area contributed by atoms with Gasteiger partial charge in [-0.05, 0) is 48.9 Å². The number of para-hydroxylation sites is 1. The zero-order valence-corrected chi connectivity index (χ0v) is 14.9. The van der Waals surface area contributed by atoms with Crippen LogP contribution in [0.1, 0.15) is 38.2 Å². The number of rotatable bonds is 4. The van der Waals surface area contributed by atoms with Crippen molar-refractivity contribution in [2.75, 3.05) is 38.0 Å². The number of halogens is 1. The summed E-state index contributed by atoms with van der Waals surface area (Å²) in [5, 5.41) is 6.56. The fourth-order valence-corrected chi connectivity index (χ4v) is 3.81. The Bertz CT molecular complexity index is 541. The average Bonchev–Trinajstić information content (AvgIpc) is 3.10. The van der Waals surface area contributed by atoms with Gasteiger partial charge in [-0.2, -0.15) is 0 Å². The van der Waals surface area contributed by atoms with Gasteiger partial charge in [0.15, 0.2) is 0 Å². The molecule has 2 aliphatic heterocycles. The van der Waals surface area contributed by atoms with Crippen molar-refractivity contribution in [1.29, 1.82) is 0 Å². The number of nitrogens with one attached hydrogen (secondary N) is 2. The Morgan fingerprint density at radius 1 is 1.35 bits per heavy atom. The minimum atomic E-state index is 0. The van der Waals surface area contributed by atoms with Crippen molar-refractivity contribution in [2.45, 2.75) is 32.6 Å². The fourth-order valence-electron chi connectivity index (χ4n) is 3.81. The molecule has 0 radical (unpaired) electrons. The summed E-state index contributed by atoms with van der Waals surface area (Å²) in [6, 6.07) is 8.10. The molecule has 1 aromatic carbocycles. The number of carbonyl (C=O) groups excluding carboxylic acids is 1. The standard InChI is InChI=1S/C18H27N3O.ClH/c1-14(2)15-5-3-4-6-16(15)20-17(22)11-21-10-8-18(13-21)7-9-19-12-18;/h3-6,14,19H,7-13H2,1-2H3,(H,20,22);1H. The molecule has 2 fully saturated rings. The van der Waals surface area contributed by atoms with Gasteiger partial charge < -0.3 is 10.6 Å². The van der Waals surface area contributed by atoms with Crippen LogP contribution in [0.4, 0.5) is 5.69 Å². The summed E-state index contributed by atoms with van der Waals surface area (Å²) in [5.74, 6) is 0.521. The quantitative estimate of drug-likeness (QED) is 0.888. The van der Waals surface area contributed by atoms with Gasteiger partial charge in [0.25, 0.3) is 0 Å². The van der Waals surface area contributed by atoms with Gasteiger partial charge in [0.1, 0.15) is 0 Å². The minimum absolute atomic E-state index is 0. The van der Waals surface area contributed by atoms with E-state index in [1.807, 2.05) is 18.2 Å². The van der Waals surface area contributed by atoms with Crippen molar-refractivity contribution < 1.29 is 4.79 Å². The number of benzene rings is 1. The molecular weight excluding hydrogens is 310 g/mol. The Balaban J connectivity index is 0.00000192. The molecule has 0 saturated carbocycles. The fraction of sp³-hybridized carbons (Fsp3) is 0.611. The molecule has 0 aliphatic carbocycles. The van der Waals surface area contributed by atoms with Crippen LogP contribution >= 0.6 is 12.4 Å². The lowest BCUT2D eigenvalue weighted by molar-refractivity contribution is -0.117. The second-order valence-electron chi connectivity index (χ2n) is 7.18. The zero-order chi connectivity index (χ0) is 15.6. The first-order valence-electron chi connectivity index (χ1n) is 8.40. The Hall–Kier alpha value is -1.10. The Labute approximate surface area is 145 Å². The summed E-state index contributed by atoms with van der Waals surface area (Å²) < 4.78 is 0. The van der Waals surface area contributed by atoms with Crippen LogP contribution in [-0.2, 0) is 4.79 Å². The second-order valence-corrected chi connectivity index (χ2v) is 7.18. The average molecular weight is 338 g/mol. The number of likely N-dealkylation sites (tertiary alicyclic amines) is 1. The van der Waals surface area contributed by atoms with Gasteiger partial charge in [0, 0.05) is 18.8 Å². The molecule has 4 nitrogen and oxygen atoms in total. The monoisotopic (exact) mass is 337 g/mol. The van der Waals surface area contributed by atoms with Crippen LogP contribution < -0.4 is 10.6 Å². The molecule has 3 rings (SSSR count). The first kappa shape index (κ1) is 18.2. The summed E-state index contributed by atoms with van der Waals surface area (Å²) in [6.45, 7) is 9.15. The Kier molecular flexibility index (Phi) is 6.06. The van der Waals surface area contributed by atoms with Crippen LogP contribution in [0, 0.1) is 5.41 Å². The third-order valence-corrected chi connectivity index (χ3v) is 5.07. The molecule has 128 valence electrons. The van der Waals surface area contributed by atoms with Crippen molar-refractivity contribution in [3.05, 3.63) is 29.8 Å². The highest BCUT2D eigenvalue weighted by Crippen LogP contribution is 2.35. The molecule has 23 heavy (non-hydrogen) atoms. The lowest BCUT2D eigenvalue weighted by Gasteiger charge is -2.22. The van der Waals surface area contributed by atoms with Crippen LogP contribution in [0.2, 0.25) is 0 Å². The number of nitrogens with zero attached hydrogens (tertiary/aromatic N) is 1. The molecule has 1 spiro atoms. The summed E-state index contributed by atoms with van der Waals surface area (Å²) >= 11 is 0. The number of hydrogen-bond acceptors (Lipinski definition) is 3. The largest absolute Gasteiger partial charge is 0.325 e. The van der Waals surface area contributed by atoms with E-state index in [2.05, 4.69) is 35.4 Å². The normalized spacial score (nSPS) is 24.1. The lowest BCUT2D eigenvalue weighted by atomic mass is 9.87. The number of carbonyl (C=O) groups is 1. The molecule has 1 atom stereocenters. The SMILES string of the molecule is CC(C)c1ccccc1NC(=O)CN1CCC2(CCNC2)C1.Cl. The predicted molar refractivity (Wildman–Crippen MR) is 97.4 cm³/mol. The van der Waals surface area contributed by atoms with Gasteiger partial charge in [-0.15, -0.1) is 12.4 Å². The van der Waals surface area contributed by atoms with Crippen molar-refractivity contribution >= 4 is 24.0 Å². The van der Waals surface area contributed by atoms with Crippen LogP contribution in [0.5, 0.6) is 0 Å². The van der Waals surface area contributed by atoms with E-state index in [-0.39, 0.29) is 18.3 Å². The van der Waals surface area contributed by atoms with E-state index in [1.54, 1.807) is 0 Å². The highest BCUT2D eigenvalue weighted by molar-refractivity contribution is 5.93. The van der Waals surface area contributed by atoms with Crippen molar-refractivity contribution in [3.63, 3.8) is 0 Å². The minimum Gasteiger partial charge on any atom is -0.325 e. The number of amides is 1. The van der Waals surface area contributed by atoms with Crippen molar-refractivity contribution in [3.8, 4) is 0 Å². The molecule has 5 heteroatoms. The maximum absolute atomic E-state index is 12.4. The Morgan fingerprint density at radius 2 is 2.13 bits per heavy atom. The van der Waals surface area contributed by atoms with E-state index in [0.29, 0.717) is 17.9 Å². The van der Waals surface area contributed by atoms with Gasteiger partial charge in [-0.1, -0.05) is 32.0 Å². The van der Waals surface area contributed by atoms with E-state index < -0.39 is 0 Å². The van der Waals surface area contributed by atoms with Crippen molar-refractivity contribution in [2.24, 2.45) is 5.41 Å². The second kappa shape index (κ2) is 7.65. The van der Waals surface area contributed by atoms with Gasteiger partial charge >= 0.3 is 0 Å². The third kappa shape index (κ3) is 4.25. The smallest absolute Gasteiger partial charge is 0.238 e. The molecule has 2 N–H and O–H groups in total. The van der Waals surface area contributed by atoms with E-state index in [1.165, 1.54) is 18.4 Å². The molecule has 2 heterocycles. The van der Waals surface area contributed by atoms with E-state index in [0.717, 1.165) is 31.9 Å². The zero-order valence-electron chi connectivity index (χ0n) is 14.1. The van der Waals surface area contributed by atoms with Gasteiger partial charge in [-0.25, -0.2) is 0 Å². The van der Waals surface area contributed by atoms with E-state index >= 15 is 0 Å². The molecule has 2 saturated heterocycles. The number of anilines is 1. The van der Waals surface area contributed by atoms with Crippen LogP contribution in [0.15, 0.2) is 24.3 Å². The van der Waals surface area contributed by atoms with Crippen LogP contribution in [0.3, 0.4) is 0 Å². The summed E-state index contributed by atoms with van der Waals surface area (Å²) in [7, 11) is 0. The predicted octanol–water partition coefficient (Wildman–Crippen LogP) is 2.86. The van der Waals surface area contributed by atoms with Crippen LogP contribution in [-0.4, -0.2) is 43.5 Å². The summed E-state index contributed by atoms with van der Waals surface area (Å²) in [6.07, 6.45) is 2.47. The highest BCUT2D eigenvalue weighted by atomic mass is 35.5. The molecule has 1 aromatic rings. The molecule has 0 bridgehead atoms. The maximum Gasteiger partial charge on any atom is 0.238 e. The molecular formula is C18H28ClN3O. The lowest BCUT2D eigenvalue weighted by Crippen LogP contribution is -2.34. The Morgan fingerprint density at radius 3 is 2.83 bits per heavy atom. The third-order valence-electron chi connectivity index (χ3n) is 5.07. The van der Waals surface area contributed by atoms with Gasteiger partial charge in [-0.3, -0.25) is 9.69 Å². The highest BCUT2D eigenvalue weighted by Gasteiger charge is 2.40. The molecule has 1 amide bonds. The summed E-state index contributed by atoms with van der Waals surface area (Å²) in [5.41, 5.74) is 2.59. The molecule has 1 unspecified atom stereocenters. The van der Waals surface area contributed by atoms with Gasteiger partial charge in [0.2, 0.25) is 5.91 Å². The molecule has 0 aromatic heterocycles. The first-order valence-corrected chi connectivity index (χ1v) is 8.40. The van der Waals surface area contributed by atoms with Gasteiger partial charge in [0.05, 0.1) is 6.54 Å². The molecule has 2 aliphatic rings. The van der Waals surface area contributed by atoms with E-state index in [4.69, 9.17) is 0 Å². The van der Waals surface area contributed by atoms with Crippen molar-refractivity contribution in [1.82, 2.24) is 10.2 Å². The van der Waals surface area contributed by atoms with Crippen LogP contribution in [0.25, 0.3) is 0 Å². The first-order chi connectivity index (χ1) is 10.6. The van der Waals surface area contributed by atoms with E-state index in [9.17, 15) is 4.79 Å². The number of hydrogen-bond donors (Lipinski definition) is 2. The maximum atomic E-state index is 12.4. The topological polar surface area (TPSA) is 44.4 Å².